The molecule has 0 aliphatic rings. The molecule has 5 heteroatoms. The summed E-state index contributed by atoms with van der Waals surface area (Å²) in [6, 6.07) is 25.9. The van der Waals surface area contributed by atoms with E-state index in [4.69, 9.17) is 9.47 Å². The number of carbonyl (C=O) groups excluding carboxylic acids is 1. The number of hydrogen-bond acceptors (Lipinski definition) is 4. The van der Waals surface area contributed by atoms with Crippen LogP contribution < -0.4 is 14.8 Å². The molecule has 3 aromatic rings. The summed E-state index contributed by atoms with van der Waals surface area (Å²) in [5, 5.41) is 3.00. The summed E-state index contributed by atoms with van der Waals surface area (Å²) in [6.45, 7) is 3.45. The van der Waals surface area contributed by atoms with Crippen molar-refractivity contribution >= 4 is 12.0 Å². The Morgan fingerprint density at radius 1 is 0.939 bits per heavy atom. The van der Waals surface area contributed by atoms with E-state index in [9.17, 15) is 4.79 Å². The summed E-state index contributed by atoms with van der Waals surface area (Å²) in [5.41, 5.74) is 3.12. The van der Waals surface area contributed by atoms with Gasteiger partial charge in [-0.05, 0) is 55.9 Å². The lowest BCUT2D eigenvalue weighted by Crippen LogP contribution is -2.33. The Morgan fingerprint density at radius 3 is 2.30 bits per heavy atom. The van der Waals surface area contributed by atoms with Crippen LogP contribution in [-0.2, 0) is 11.4 Å². The van der Waals surface area contributed by atoms with Gasteiger partial charge in [-0.2, -0.15) is 0 Å². The van der Waals surface area contributed by atoms with Crippen molar-refractivity contribution in [2.24, 2.45) is 0 Å². The first-order valence-corrected chi connectivity index (χ1v) is 11.2. The van der Waals surface area contributed by atoms with Crippen LogP contribution in [0.25, 0.3) is 6.08 Å². The van der Waals surface area contributed by atoms with E-state index in [1.54, 1.807) is 12.2 Å². The maximum absolute atomic E-state index is 12.4. The van der Waals surface area contributed by atoms with Crippen LogP contribution in [0.2, 0.25) is 0 Å². The van der Waals surface area contributed by atoms with Gasteiger partial charge in [0.15, 0.2) is 11.5 Å². The van der Waals surface area contributed by atoms with Crippen molar-refractivity contribution in [1.82, 2.24) is 10.2 Å². The molecule has 0 saturated carbocycles. The summed E-state index contributed by atoms with van der Waals surface area (Å²) in [7, 11) is 4.02. The van der Waals surface area contributed by atoms with Crippen LogP contribution in [-0.4, -0.2) is 38.1 Å². The molecule has 0 radical (unpaired) electrons. The molecule has 0 aliphatic heterocycles. The molecule has 0 fully saturated rings. The molecule has 3 aromatic carbocycles. The first kappa shape index (κ1) is 24.1. The van der Waals surface area contributed by atoms with Crippen molar-refractivity contribution in [3.8, 4) is 11.5 Å². The van der Waals surface area contributed by atoms with Gasteiger partial charge in [0, 0.05) is 12.6 Å². The van der Waals surface area contributed by atoms with E-state index in [0.29, 0.717) is 31.3 Å². The molecule has 5 nitrogen and oxygen atoms in total. The highest BCUT2D eigenvalue weighted by Crippen LogP contribution is 2.29. The van der Waals surface area contributed by atoms with Crippen LogP contribution in [0, 0.1) is 0 Å². The third-order valence-electron chi connectivity index (χ3n) is 5.21. The van der Waals surface area contributed by atoms with Gasteiger partial charge in [-0.1, -0.05) is 66.7 Å². The van der Waals surface area contributed by atoms with E-state index in [2.05, 4.69) is 22.3 Å². The van der Waals surface area contributed by atoms with Gasteiger partial charge in [0.1, 0.15) is 6.61 Å². The predicted molar refractivity (Wildman–Crippen MR) is 133 cm³/mol. The lowest BCUT2D eigenvalue weighted by atomic mass is 10.1. The van der Waals surface area contributed by atoms with Crippen LogP contribution in [0.1, 0.15) is 29.7 Å². The topological polar surface area (TPSA) is 50.8 Å². The molecule has 1 amide bonds. The summed E-state index contributed by atoms with van der Waals surface area (Å²) in [5.74, 6) is 1.20. The Hall–Kier alpha value is -3.57. The van der Waals surface area contributed by atoms with Crippen LogP contribution in [0.15, 0.2) is 84.9 Å². The number of nitrogens with zero attached hydrogens (tertiary/aromatic N) is 1. The van der Waals surface area contributed by atoms with Crippen molar-refractivity contribution in [3.05, 3.63) is 102 Å². The molecule has 0 aliphatic carbocycles. The quantitative estimate of drug-likeness (QED) is 0.418. The Bertz CT molecular complexity index is 1030. The van der Waals surface area contributed by atoms with Crippen LogP contribution in [0.3, 0.4) is 0 Å². The van der Waals surface area contributed by atoms with Crippen molar-refractivity contribution < 1.29 is 14.3 Å². The average Bonchev–Trinajstić information content (AvgIpc) is 2.83. The number of carbonyl (C=O) groups is 1. The van der Waals surface area contributed by atoms with Gasteiger partial charge < -0.3 is 19.7 Å². The fraction of sp³-hybridized carbons (Fsp3) is 0.250. The molecule has 172 valence electrons. The van der Waals surface area contributed by atoms with Crippen molar-refractivity contribution in [2.75, 3.05) is 27.2 Å². The number of hydrogen-bond donors (Lipinski definition) is 1. The molecule has 33 heavy (non-hydrogen) atoms. The number of rotatable bonds is 11. The zero-order valence-electron chi connectivity index (χ0n) is 19.5. The smallest absolute Gasteiger partial charge is 0.244 e. The maximum atomic E-state index is 12.4. The minimum atomic E-state index is -0.139. The number of amides is 1. The van der Waals surface area contributed by atoms with Gasteiger partial charge in [0.2, 0.25) is 5.91 Å². The Balaban J connectivity index is 1.61. The second-order valence-corrected chi connectivity index (χ2v) is 7.88. The predicted octanol–water partition coefficient (Wildman–Crippen LogP) is 5.10. The Kier molecular flexibility index (Phi) is 9.09. The largest absolute Gasteiger partial charge is 0.490 e. The molecule has 3 rings (SSSR count). The molecule has 0 aromatic heterocycles. The third kappa shape index (κ3) is 7.51. The van der Waals surface area contributed by atoms with Crippen LogP contribution in [0.5, 0.6) is 11.5 Å². The van der Waals surface area contributed by atoms with E-state index in [0.717, 1.165) is 11.1 Å². The number of benzene rings is 3. The van der Waals surface area contributed by atoms with Crippen molar-refractivity contribution in [1.29, 1.82) is 0 Å². The van der Waals surface area contributed by atoms with Gasteiger partial charge in [-0.3, -0.25) is 4.79 Å². The highest BCUT2D eigenvalue weighted by atomic mass is 16.5. The Labute approximate surface area is 196 Å². The van der Waals surface area contributed by atoms with E-state index in [1.807, 2.05) is 87.7 Å². The van der Waals surface area contributed by atoms with Gasteiger partial charge in [-0.15, -0.1) is 0 Å². The molecule has 0 spiro atoms. The maximum Gasteiger partial charge on any atom is 0.244 e. The van der Waals surface area contributed by atoms with Gasteiger partial charge in [-0.25, -0.2) is 0 Å². The summed E-state index contributed by atoms with van der Waals surface area (Å²) in [6.07, 6.45) is 3.33. The molecular weight excluding hydrogens is 412 g/mol. The highest BCUT2D eigenvalue weighted by molar-refractivity contribution is 5.91. The average molecular weight is 445 g/mol. The monoisotopic (exact) mass is 444 g/mol. The lowest BCUT2D eigenvalue weighted by Gasteiger charge is -2.24. The van der Waals surface area contributed by atoms with Crippen LogP contribution >= 0.6 is 0 Å². The van der Waals surface area contributed by atoms with Crippen molar-refractivity contribution in [3.63, 3.8) is 0 Å². The summed E-state index contributed by atoms with van der Waals surface area (Å²) < 4.78 is 11.7. The third-order valence-corrected chi connectivity index (χ3v) is 5.21. The fourth-order valence-electron chi connectivity index (χ4n) is 3.45. The zero-order valence-corrected chi connectivity index (χ0v) is 19.5. The number of ether oxygens (including phenoxy) is 2. The zero-order chi connectivity index (χ0) is 23.5. The second kappa shape index (κ2) is 12.5. The fourth-order valence-corrected chi connectivity index (χ4v) is 3.45. The molecule has 0 saturated heterocycles. The van der Waals surface area contributed by atoms with Gasteiger partial charge in [0.25, 0.3) is 0 Å². The van der Waals surface area contributed by atoms with Crippen LogP contribution in [0.4, 0.5) is 0 Å². The molecule has 0 heterocycles. The van der Waals surface area contributed by atoms with Crippen molar-refractivity contribution in [2.45, 2.75) is 19.6 Å². The normalized spacial score (nSPS) is 12.0. The first-order chi connectivity index (χ1) is 16.1. The Morgan fingerprint density at radius 2 is 1.64 bits per heavy atom. The van der Waals surface area contributed by atoms with E-state index in [-0.39, 0.29) is 11.9 Å². The SMILES string of the molecule is CCOc1cc(/C=C/C(=O)NCC(c2ccccc2)N(C)C)ccc1OCc1ccccc1. The minimum absolute atomic E-state index is 0.106. The first-order valence-electron chi connectivity index (χ1n) is 11.2. The number of nitrogens with one attached hydrogen (secondary N) is 1. The highest BCUT2D eigenvalue weighted by Gasteiger charge is 2.14. The summed E-state index contributed by atoms with van der Waals surface area (Å²) in [4.78, 5) is 14.5. The summed E-state index contributed by atoms with van der Waals surface area (Å²) >= 11 is 0. The molecule has 1 unspecified atom stereocenters. The minimum Gasteiger partial charge on any atom is -0.490 e. The number of likely N-dealkylation sites (N-methyl/N-ethyl adjacent to an activating group) is 1. The second-order valence-electron chi connectivity index (χ2n) is 7.88. The van der Waals surface area contributed by atoms with E-state index < -0.39 is 0 Å². The van der Waals surface area contributed by atoms with E-state index in [1.165, 1.54) is 5.56 Å². The van der Waals surface area contributed by atoms with Gasteiger partial charge in [0.05, 0.1) is 12.6 Å². The van der Waals surface area contributed by atoms with Gasteiger partial charge >= 0.3 is 0 Å². The molecule has 1 N–H and O–H groups in total. The standard InChI is InChI=1S/C28H32N2O3/c1-4-32-27-19-22(15-17-26(27)33-21-23-11-7-5-8-12-23)16-18-28(31)29-20-25(30(2)3)24-13-9-6-10-14-24/h5-19,25H,4,20-21H2,1-3H3,(H,29,31)/b18-16+. The molecule has 0 bridgehead atoms. The lowest BCUT2D eigenvalue weighted by molar-refractivity contribution is -0.116. The molecular formula is C28H32N2O3. The molecule has 1 atom stereocenters. The van der Waals surface area contributed by atoms with E-state index >= 15 is 0 Å².